The monoisotopic (exact) mass is 354 g/mol. The van der Waals surface area contributed by atoms with E-state index < -0.39 is 0 Å². The lowest BCUT2D eigenvalue weighted by Crippen LogP contribution is -1.99. The summed E-state index contributed by atoms with van der Waals surface area (Å²) in [7, 11) is 0. The van der Waals surface area contributed by atoms with Gasteiger partial charge >= 0.3 is 0 Å². The van der Waals surface area contributed by atoms with E-state index in [4.69, 9.17) is 9.84 Å². The van der Waals surface area contributed by atoms with Crippen LogP contribution in [-0.2, 0) is 6.42 Å². The molecule has 1 atom stereocenters. The molecule has 0 bridgehead atoms. The number of halogens is 1. The van der Waals surface area contributed by atoms with Crippen molar-refractivity contribution in [3.63, 3.8) is 0 Å². The Balaban J connectivity index is 2.01. The normalized spacial score (nSPS) is 12.1. The molecule has 0 aromatic heterocycles. The summed E-state index contributed by atoms with van der Waals surface area (Å²) >= 11 is 2.27. The molecule has 2 aromatic carbocycles. The van der Waals surface area contributed by atoms with E-state index >= 15 is 0 Å². The van der Waals surface area contributed by atoms with E-state index in [-0.39, 0.29) is 10.7 Å². The van der Waals surface area contributed by atoms with Crippen molar-refractivity contribution >= 4 is 22.6 Å². The first-order valence-electron chi connectivity index (χ1n) is 5.85. The van der Waals surface area contributed by atoms with E-state index in [2.05, 4.69) is 34.7 Å². The van der Waals surface area contributed by atoms with Gasteiger partial charge in [0.05, 0.1) is 0 Å². The van der Waals surface area contributed by atoms with Gasteiger partial charge < -0.3 is 9.84 Å². The minimum absolute atomic E-state index is 0.00694. The van der Waals surface area contributed by atoms with Crippen LogP contribution in [0.3, 0.4) is 0 Å². The van der Waals surface area contributed by atoms with Gasteiger partial charge in [0, 0.05) is 12.2 Å². The molecular formula is C15H15IO2. The van der Waals surface area contributed by atoms with Crippen LogP contribution in [0.1, 0.15) is 15.2 Å². The predicted molar refractivity (Wildman–Crippen MR) is 81.1 cm³/mol. The van der Waals surface area contributed by atoms with Crippen molar-refractivity contribution in [3.05, 3.63) is 65.7 Å². The van der Waals surface area contributed by atoms with Crippen molar-refractivity contribution in [3.8, 4) is 5.75 Å². The van der Waals surface area contributed by atoms with E-state index in [1.165, 1.54) is 0 Å². The van der Waals surface area contributed by atoms with Crippen LogP contribution in [0.15, 0.2) is 54.6 Å². The third kappa shape index (κ3) is 3.71. The summed E-state index contributed by atoms with van der Waals surface area (Å²) in [6.07, 6.45) is 0.687. The van der Waals surface area contributed by atoms with E-state index in [1.807, 2.05) is 42.5 Å². The molecule has 0 aliphatic rings. The Hall–Kier alpha value is -1.07. The highest BCUT2D eigenvalue weighted by Crippen LogP contribution is 2.27. The number of aliphatic hydroxyl groups excluding tert-OH is 1. The van der Waals surface area contributed by atoms with Crippen LogP contribution >= 0.6 is 22.6 Å². The second-order valence-corrected chi connectivity index (χ2v) is 5.09. The molecule has 2 rings (SSSR count). The Labute approximate surface area is 121 Å². The minimum atomic E-state index is 0.00694. The highest BCUT2D eigenvalue weighted by atomic mass is 127. The fraction of sp³-hybridized carbons (Fsp3) is 0.200. The van der Waals surface area contributed by atoms with E-state index in [0.29, 0.717) is 6.42 Å². The highest BCUT2D eigenvalue weighted by Gasteiger charge is 2.07. The molecule has 0 spiro atoms. The summed E-state index contributed by atoms with van der Waals surface area (Å²) in [5, 5.41) is 8.85. The van der Waals surface area contributed by atoms with E-state index in [9.17, 15) is 0 Å². The molecular weight excluding hydrogens is 339 g/mol. The van der Waals surface area contributed by atoms with Crippen LogP contribution in [0, 0.1) is 0 Å². The second kappa shape index (κ2) is 6.75. The van der Waals surface area contributed by atoms with Gasteiger partial charge in [0.2, 0.25) is 0 Å². The van der Waals surface area contributed by atoms with Gasteiger partial charge in [0.15, 0.2) is 4.11 Å². The summed E-state index contributed by atoms with van der Waals surface area (Å²) in [5.74, 6) is 0.847. The van der Waals surface area contributed by atoms with E-state index in [0.717, 1.165) is 16.9 Å². The summed E-state index contributed by atoms with van der Waals surface area (Å²) in [6.45, 7) is 0.180. The lowest BCUT2D eigenvalue weighted by molar-refractivity contribution is 0.299. The molecule has 2 nitrogen and oxygen atoms in total. The van der Waals surface area contributed by atoms with Crippen molar-refractivity contribution in [2.45, 2.75) is 10.5 Å². The predicted octanol–water partition coefficient (Wildman–Crippen LogP) is 3.73. The SMILES string of the molecule is OCCc1ccc(OC(I)c2ccccc2)cc1. The average molecular weight is 354 g/mol. The largest absolute Gasteiger partial charge is 0.475 e. The Morgan fingerprint density at radius 1 is 1.00 bits per heavy atom. The van der Waals surface area contributed by atoms with Crippen LogP contribution in [-0.4, -0.2) is 11.7 Å². The molecule has 0 heterocycles. The summed E-state index contributed by atoms with van der Waals surface area (Å²) in [5.41, 5.74) is 2.27. The third-order valence-corrected chi connectivity index (χ3v) is 3.60. The number of hydrogen-bond acceptors (Lipinski definition) is 2. The van der Waals surface area contributed by atoms with Crippen molar-refractivity contribution in [1.82, 2.24) is 0 Å². The number of aliphatic hydroxyl groups is 1. The second-order valence-electron chi connectivity index (χ2n) is 3.96. The van der Waals surface area contributed by atoms with Crippen molar-refractivity contribution in [2.24, 2.45) is 0 Å². The zero-order chi connectivity index (χ0) is 12.8. The van der Waals surface area contributed by atoms with Crippen LogP contribution in [0.2, 0.25) is 0 Å². The summed E-state index contributed by atoms with van der Waals surface area (Å²) < 4.78 is 5.86. The molecule has 0 aliphatic heterocycles. The number of benzene rings is 2. The van der Waals surface area contributed by atoms with E-state index in [1.54, 1.807) is 0 Å². The first-order chi connectivity index (χ1) is 8.79. The fourth-order valence-electron chi connectivity index (χ4n) is 1.66. The minimum Gasteiger partial charge on any atom is -0.475 e. The van der Waals surface area contributed by atoms with Crippen molar-refractivity contribution in [1.29, 1.82) is 0 Å². The number of alkyl halides is 1. The maximum atomic E-state index is 8.85. The van der Waals surface area contributed by atoms with Gasteiger partial charge in [-0.3, -0.25) is 0 Å². The van der Waals surface area contributed by atoms with Crippen LogP contribution in [0.5, 0.6) is 5.75 Å². The van der Waals surface area contributed by atoms with Crippen LogP contribution in [0.25, 0.3) is 0 Å². The molecule has 0 fully saturated rings. The Bertz CT molecular complexity index is 468. The Kier molecular flexibility index (Phi) is 5.01. The quantitative estimate of drug-likeness (QED) is 0.655. The number of hydrogen-bond donors (Lipinski definition) is 1. The third-order valence-electron chi connectivity index (χ3n) is 2.63. The van der Waals surface area contributed by atoms with Gasteiger partial charge in [0.25, 0.3) is 0 Å². The number of ether oxygens (including phenoxy) is 1. The van der Waals surface area contributed by atoms with Gasteiger partial charge in [0.1, 0.15) is 5.75 Å². The molecule has 3 heteroatoms. The zero-order valence-corrected chi connectivity index (χ0v) is 12.1. The van der Waals surface area contributed by atoms with Gasteiger partial charge in [-0.1, -0.05) is 42.5 Å². The average Bonchev–Trinajstić information content (AvgIpc) is 2.42. The molecule has 0 saturated carbocycles. The molecule has 94 valence electrons. The molecule has 0 radical (unpaired) electrons. The lowest BCUT2D eigenvalue weighted by Gasteiger charge is -2.13. The van der Waals surface area contributed by atoms with Gasteiger partial charge in [-0.15, -0.1) is 0 Å². The smallest absolute Gasteiger partial charge is 0.174 e. The highest BCUT2D eigenvalue weighted by molar-refractivity contribution is 14.1. The molecule has 18 heavy (non-hydrogen) atoms. The fourth-order valence-corrected chi connectivity index (χ4v) is 2.36. The van der Waals surface area contributed by atoms with Gasteiger partial charge in [-0.05, 0) is 46.7 Å². The zero-order valence-electron chi connectivity index (χ0n) is 9.92. The summed E-state index contributed by atoms with van der Waals surface area (Å²) in [6, 6.07) is 18.0. The molecule has 0 amide bonds. The Morgan fingerprint density at radius 2 is 1.67 bits per heavy atom. The molecule has 1 N–H and O–H groups in total. The maximum absolute atomic E-state index is 8.85. The molecule has 0 saturated heterocycles. The lowest BCUT2D eigenvalue weighted by atomic mass is 10.1. The van der Waals surface area contributed by atoms with Gasteiger partial charge in [-0.25, -0.2) is 0 Å². The maximum Gasteiger partial charge on any atom is 0.174 e. The molecule has 1 unspecified atom stereocenters. The topological polar surface area (TPSA) is 29.5 Å². The standard InChI is InChI=1S/C15H15IO2/c16-15(13-4-2-1-3-5-13)18-14-8-6-12(7-9-14)10-11-17/h1-9,15,17H,10-11H2. The Morgan fingerprint density at radius 3 is 2.28 bits per heavy atom. The van der Waals surface area contributed by atoms with Crippen molar-refractivity contribution < 1.29 is 9.84 Å². The number of rotatable bonds is 5. The summed E-state index contributed by atoms with van der Waals surface area (Å²) in [4.78, 5) is 0. The first kappa shape index (κ1) is 13.4. The molecule has 0 aliphatic carbocycles. The first-order valence-corrected chi connectivity index (χ1v) is 7.09. The molecule has 2 aromatic rings. The van der Waals surface area contributed by atoms with Gasteiger partial charge in [-0.2, -0.15) is 0 Å². The van der Waals surface area contributed by atoms with Crippen LogP contribution in [0.4, 0.5) is 0 Å². The van der Waals surface area contributed by atoms with Crippen LogP contribution < -0.4 is 4.74 Å². The van der Waals surface area contributed by atoms with Crippen molar-refractivity contribution in [2.75, 3.05) is 6.61 Å².